The third kappa shape index (κ3) is 5.91. The van der Waals surface area contributed by atoms with Gasteiger partial charge < -0.3 is 14.8 Å². The number of benzene rings is 3. The van der Waals surface area contributed by atoms with Gasteiger partial charge in [0.05, 0.1) is 10.9 Å². The van der Waals surface area contributed by atoms with Gasteiger partial charge in [-0.1, -0.05) is 45.9 Å². The Bertz CT molecular complexity index is 2060. The number of hydrogen-bond donors (Lipinski definition) is 5. The van der Waals surface area contributed by atoms with Crippen molar-refractivity contribution in [3.8, 4) is 22.5 Å². The number of aryl methyl sites for hydroxylation is 1. The van der Waals surface area contributed by atoms with Crippen molar-refractivity contribution in [2.75, 3.05) is 6.54 Å². The van der Waals surface area contributed by atoms with Crippen LogP contribution < -0.4 is 10.7 Å². The van der Waals surface area contributed by atoms with Crippen LogP contribution in [0, 0.1) is 23.7 Å². The van der Waals surface area contributed by atoms with Crippen LogP contribution in [0.5, 0.6) is 0 Å². The molecule has 4 rings (SSSR count). The standard InChI is InChI=1S/C29H30N2O10S2/c1-14(2)29(4,5)13-31-27(32)16-7-9-17(20(12-16)28(33)34)22-18-8-6-15(3)25(42(35,36)37)23(18)41-24-19(22)10-11-21(30)26(24)43(38,39)40/h6-12,14,30H,13H2,1-5H3,(H,31,32)(H,33,34)(H,35,36,37)(H,38,39,40). The van der Waals surface area contributed by atoms with E-state index in [1.165, 1.54) is 37.3 Å². The lowest BCUT2D eigenvalue weighted by Gasteiger charge is -2.29. The van der Waals surface area contributed by atoms with Gasteiger partial charge in [0.15, 0.2) is 16.2 Å². The minimum Gasteiger partial charge on any atom is -0.478 e. The summed E-state index contributed by atoms with van der Waals surface area (Å²) >= 11 is 0. The number of hydrogen-bond acceptors (Lipinski definition) is 8. The molecule has 14 heteroatoms. The first-order chi connectivity index (χ1) is 19.8. The van der Waals surface area contributed by atoms with Crippen LogP contribution in [0.4, 0.5) is 0 Å². The minimum atomic E-state index is -5.12. The monoisotopic (exact) mass is 630 g/mol. The highest BCUT2D eigenvalue weighted by atomic mass is 32.2. The van der Waals surface area contributed by atoms with Crippen LogP contribution in [0.3, 0.4) is 0 Å². The molecule has 12 nitrogen and oxygen atoms in total. The first-order valence-electron chi connectivity index (χ1n) is 12.9. The molecule has 1 aliphatic heterocycles. The summed E-state index contributed by atoms with van der Waals surface area (Å²) in [5, 5.41) is 20.4. The van der Waals surface area contributed by atoms with E-state index < -0.39 is 58.6 Å². The molecule has 1 aliphatic carbocycles. The highest BCUT2D eigenvalue weighted by Crippen LogP contribution is 2.45. The second-order valence-electron chi connectivity index (χ2n) is 11.2. The molecular weight excluding hydrogens is 600 g/mol. The molecule has 0 saturated carbocycles. The van der Waals surface area contributed by atoms with Crippen molar-refractivity contribution in [3.63, 3.8) is 0 Å². The van der Waals surface area contributed by atoms with Gasteiger partial charge in [-0.3, -0.25) is 19.3 Å². The molecular formula is C29H30N2O10S2. The third-order valence-corrected chi connectivity index (χ3v) is 9.67. The van der Waals surface area contributed by atoms with Gasteiger partial charge in [-0.05, 0) is 53.6 Å². The second kappa shape index (κ2) is 10.9. The lowest BCUT2D eigenvalue weighted by Crippen LogP contribution is -2.37. The molecule has 1 heterocycles. The van der Waals surface area contributed by atoms with Crippen molar-refractivity contribution in [2.45, 2.75) is 44.4 Å². The zero-order valence-corrected chi connectivity index (χ0v) is 25.5. The smallest absolute Gasteiger partial charge is 0.336 e. The number of rotatable bonds is 8. The van der Waals surface area contributed by atoms with E-state index in [-0.39, 0.29) is 50.1 Å². The molecule has 2 aromatic carbocycles. The Balaban J connectivity index is 2.10. The van der Waals surface area contributed by atoms with Crippen LogP contribution in [0.15, 0.2) is 56.7 Å². The lowest BCUT2D eigenvalue weighted by molar-refractivity contribution is 0.0697. The molecule has 2 aromatic rings. The van der Waals surface area contributed by atoms with E-state index in [9.17, 15) is 40.6 Å². The molecule has 0 bridgehead atoms. The van der Waals surface area contributed by atoms with Gasteiger partial charge in [0.2, 0.25) is 0 Å². The summed E-state index contributed by atoms with van der Waals surface area (Å²) in [5.41, 5.74) is -1.29. The predicted molar refractivity (Wildman–Crippen MR) is 156 cm³/mol. The van der Waals surface area contributed by atoms with Gasteiger partial charge in [0, 0.05) is 28.6 Å². The van der Waals surface area contributed by atoms with E-state index in [2.05, 4.69) is 5.32 Å². The summed E-state index contributed by atoms with van der Waals surface area (Å²) in [6.45, 7) is 9.64. The van der Waals surface area contributed by atoms with E-state index in [0.29, 0.717) is 6.54 Å². The Hall–Kier alpha value is -4.11. The Morgan fingerprint density at radius 2 is 1.56 bits per heavy atom. The van der Waals surface area contributed by atoms with E-state index in [4.69, 9.17) is 9.83 Å². The Labute approximate surface area is 247 Å². The first-order valence-corrected chi connectivity index (χ1v) is 15.8. The number of carboxylic acids is 1. The Kier molecular flexibility index (Phi) is 8.04. The maximum absolute atomic E-state index is 13.0. The molecule has 0 fully saturated rings. The van der Waals surface area contributed by atoms with Crippen molar-refractivity contribution in [1.82, 2.24) is 5.32 Å². The van der Waals surface area contributed by atoms with Crippen molar-refractivity contribution in [3.05, 3.63) is 64.5 Å². The molecule has 43 heavy (non-hydrogen) atoms. The zero-order chi connectivity index (χ0) is 32.2. The van der Waals surface area contributed by atoms with E-state index in [1.807, 2.05) is 27.7 Å². The topological polar surface area (TPSA) is 212 Å². The number of amides is 1. The largest absolute Gasteiger partial charge is 0.478 e. The third-order valence-electron chi connectivity index (χ3n) is 7.73. The summed E-state index contributed by atoms with van der Waals surface area (Å²) in [6, 6.07) is 8.87. The molecule has 0 atom stereocenters. The predicted octanol–water partition coefficient (Wildman–Crippen LogP) is 4.60. The number of carbonyl (C=O) groups excluding carboxylic acids is 1. The summed E-state index contributed by atoms with van der Waals surface area (Å²) in [7, 11) is -10.1. The Morgan fingerprint density at radius 1 is 0.953 bits per heavy atom. The van der Waals surface area contributed by atoms with Gasteiger partial charge in [0.1, 0.15) is 4.90 Å². The van der Waals surface area contributed by atoms with Crippen molar-refractivity contribution < 1.29 is 45.1 Å². The van der Waals surface area contributed by atoms with Crippen molar-refractivity contribution in [2.24, 2.45) is 11.3 Å². The summed E-state index contributed by atoms with van der Waals surface area (Å²) in [6.07, 6.45) is 0. The van der Waals surface area contributed by atoms with Crippen LogP contribution in [-0.4, -0.2) is 49.5 Å². The van der Waals surface area contributed by atoms with E-state index in [1.54, 1.807) is 0 Å². The molecule has 1 amide bonds. The molecule has 5 N–H and O–H groups in total. The number of aromatic carboxylic acids is 1. The fourth-order valence-electron chi connectivity index (χ4n) is 4.63. The molecule has 0 saturated heterocycles. The maximum atomic E-state index is 13.0. The molecule has 0 unspecified atom stereocenters. The van der Waals surface area contributed by atoms with Gasteiger partial charge in [-0.15, -0.1) is 0 Å². The highest BCUT2D eigenvalue weighted by Gasteiger charge is 2.32. The van der Waals surface area contributed by atoms with Gasteiger partial charge in [-0.25, -0.2) is 4.79 Å². The second-order valence-corrected chi connectivity index (χ2v) is 13.9. The fourth-order valence-corrected chi connectivity index (χ4v) is 6.22. The Morgan fingerprint density at radius 3 is 2.12 bits per heavy atom. The van der Waals surface area contributed by atoms with Crippen molar-refractivity contribution >= 4 is 43.1 Å². The van der Waals surface area contributed by atoms with Gasteiger partial charge >= 0.3 is 5.97 Å². The molecule has 2 aliphatic rings. The SMILES string of the molecule is Cc1ccc2c(-c3ccc(C(=O)NCC(C)(C)C(C)C)cc3C(=O)O)c3ccc(=N)c(S(=O)(=O)O)c-3oc2c1S(=O)(=O)O. The number of fused-ring (bicyclic) bond motifs is 2. The van der Waals surface area contributed by atoms with Crippen molar-refractivity contribution in [1.29, 1.82) is 5.41 Å². The summed E-state index contributed by atoms with van der Waals surface area (Å²) in [5.74, 6) is -2.38. The molecule has 0 spiro atoms. The highest BCUT2D eigenvalue weighted by molar-refractivity contribution is 7.86. The number of carboxylic acid groups (broad SMARTS) is 1. The van der Waals surface area contributed by atoms with E-state index >= 15 is 0 Å². The molecule has 228 valence electrons. The quantitative estimate of drug-likeness (QED) is 0.135. The molecule has 0 radical (unpaired) electrons. The van der Waals surface area contributed by atoms with Crippen LogP contribution in [0.25, 0.3) is 33.4 Å². The van der Waals surface area contributed by atoms with Crippen LogP contribution in [0.1, 0.15) is 54.0 Å². The zero-order valence-electron chi connectivity index (χ0n) is 23.8. The summed E-state index contributed by atoms with van der Waals surface area (Å²) < 4.78 is 75.2. The number of nitrogens with one attached hydrogen (secondary N) is 2. The first kappa shape index (κ1) is 31.8. The minimum absolute atomic E-state index is 0.0225. The average Bonchev–Trinajstić information content (AvgIpc) is 2.88. The van der Waals surface area contributed by atoms with Crippen LogP contribution in [-0.2, 0) is 20.2 Å². The maximum Gasteiger partial charge on any atom is 0.336 e. The average molecular weight is 631 g/mol. The van der Waals surface area contributed by atoms with E-state index in [0.717, 1.165) is 12.1 Å². The van der Waals surface area contributed by atoms with Gasteiger partial charge in [0.25, 0.3) is 26.1 Å². The fraction of sp³-hybridized carbons (Fsp3) is 0.276. The summed E-state index contributed by atoms with van der Waals surface area (Å²) in [4.78, 5) is 23.9. The number of carbonyl (C=O) groups is 2. The van der Waals surface area contributed by atoms with Crippen LogP contribution >= 0.6 is 0 Å². The lowest BCUT2D eigenvalue weighted by atomic mass is 9.81. The van der Waals surface area contributed by atoms with Gasteiger partial charge in [-0.2, -0.15) is 16.8 Å². The normalized spacial score (nSPS) is 12.7. The molecule has 0 aromatic heterocycles. The van der Waals surface area contributed by atoms with Crippen LogP contribution in [0.2, 0.25) is 0 Å².